The molecule has 1 nitrogen and oxygen atoms in total. The molecule has 1 unspecified atom stereocenters. The Morgan fingerprint density at radius 1 is 1.16 bits per heavy atom. The van der Waals surface area contributed by atoms with Gasteiger partial charge in [0.05, 0.1) is 0 Å². The zero-order chi connectivity index (χ0) is 13.3. The number of aryl methyl sites for hydroxylation is 1. The van der Waals surface area contributed by atoms with Crippen LogP contribution in [0.5, 0.6) is 0 Å². The van der Waals surface area contributed by atoms with E-state index in [1.54, 1.807) is 0 Å². The molecule has 0 saturated heterocycles. The number of hydrogen-bond donors (Lipinski definition) is 0. The maximum Gasteiger partial charge on any atom is 0.0444 e. The first-order valence-electron chi connectivity index (χ1n) is 6.82. The number of aromatic nitrogens is 1. The van der Waals surface area contributed by atoms with Gasteiger partial charge in [-0.2, -0.15) is 0 Å². The first kappa shape index (κ1) is 12.9. The first-order chi connectivity index (χ1) is 9.22. The Hall–Kier alpha value is -1.15. The number of hydrogen-bond acceptors (Lipinski definition) is 1. The molecule has 1 aromatic heterocycles. The van der Waals surface area contributed by atoms with E-state index in [1.165, 1.54) is 29.7 Å². The molecule has 0 aliphatic heterocycles. The van der Waals surface area contributed by atoms with Crippen molar-refractivity contribution in [3.63, 3.8) is 0 Å². The normalized spacial score (nSPS) is 18.0. The van der Waals surface area contributed by atoms with Crippen molar-refractivity contribution in [2.45, 2.75) is 36.4 Å². The lowest BCUT2D eigenvalue weighted by Gasteiger charge is -2.22. The van der Waals surface area contributed by atoms with Gasteiger partial charge in [-0.05, 0) is 37.0 Å². The van der Waals surface area contributed by atoms with Crippen molar-refractivity contribution < 1.29 is 0 Å². The fourth-order valence-electron chi connectivity index (χ4n) is 2.78. The topological polar surface area (TPSA) is 12.9 Å². The van der Waals surface area contributed by atoms with Gasteiger partial charge in [0, 0.05) is 28.6 Å². The predicted octanol–water partition coefficient (Wildman–Crippen LogP) is 4.43. The van der Waals surface area contributed by atoms with Crippen LogP contribution in [0, 0.1) is 6.92 Å². The summed E-state index contributed by atoms with van der Waals surface area (Å²) in [4.78, 5) is 4.99. The summed E-state index contributed by atoms with van der Waals surface area (Å²) < 4.78 is 0. The first-order valence-corrected chi connectivity index (χ1v) is 7.74. The van der Waals surface area contributed by atoms with Crippen molar-refractivity contribution in [1.82, 2.24) is 4.98 Å². The van der Waals surface area contributed by atoms with Crippen LogP contribution in [0.25, 0.3) is 0 Å². The van der Waals surface area contributed by atoms with Gasteiger partial charge in [0.25, 0.3) is 0 Å². The highest BCUT2D eigenvalue weighted by molar-refractivity contribution is 9.09. The SMILES string of the molecule is Cc1cccnc1CC(Br)C1(c2ccccc2)CC1. The zero-order valence-corrected chi connectivity index (χ0v) is 12.7. The molecule has 1 aromatic carbocycles. The quantitative estimate of drug-likeness (QED) is 0.761. The highest BCUT2D eigenvalue weighted by atomic mass is 79.9. The minimum absolute atomic E-state index is 0.325. The maximum atomic E-state index is 4.52. The van der Waals surface area contributed by atoms with Crippen molar-refractivity contribution in [3.8, 4) is 0 Å². The number of nitrogens with zero attached hydrogens (tertiary/aromatic N) is 1. The summed E-state index contributed by atoms with van der Waals surface area (Å²) in [6.45, 7) is 2.14. The number of alkyl halides is 1. The van der Waals surface area contributed by atoms with Crippen molar-refractivity contribution in [2.75, 3.05) is 0 Å². The van der Waals surface area contributed by atoms with E-state index in [-0.39, 0.29) is 0 Å². The van der Waals surface area contributed by atoms with E-state index in [0.717, 1.165) is 6.42 Å². The maximum absolute atomic E-state index is 4.52. The van der Waals surface area contributed by atoms with Gasteiger partial charge in [-0.1, -0.05) is 52.3 Å². The van der Waals surface area contributed by atoms with Gasteiger partial charge >= 0.3 is 0 Å². The van der Waals surface area contributed by atoms with E-state index in [1.807, 2.05) is 12.3 Å². The summed E-state index contributed by atoms with van der Waals surface area (Å²) in [7, 11) is 0. The summed E-state index contributed by atoms with van der Waals surface area (Å²) in [5, 5.41) is 0. The van der Waals surface area contributed by atoms with Gasteiger partial charge < -0.3 is 0 Å². The summed E-state index contributed by atoms with van der Waals surface area (Å²) >= 11 is 3.93. The summed E-state index contributed by atoms with van der Waals surface area (Å²) in [6, 6.07) is 15.0. The van der Waals surface area contributed by atoms with Gasteiger partial charge in [0.1, 0.15) is 0 Å². The lowest BCUT2D eigenvalue weighted by atomic mass is 9.89. The van der Waals surface area contributed by atoms with Crippen LogP contribution >= 0.6 is 15.9 Å². The molecule has 2 aromatic rings. The predicted molar refractivity (Wildman–Crippen MR) is 82.7 cm³/mol. The molecule has 0 radical (unpaired) electrons. The van der Waals surface area contributed by atoms with E-state index in [0.29, 0.717) is 10.2 Å². The Labute approximate surface area is 123 Å². The number of benzene rings is 1. The minimum atomic E-state index is 0.325. The second-order valence-electron chi connectivity index (χ2n) is 5.46. The molecule has 2 heteroatoms. The third-order valence-corrected chi connectivity index (χ3v) is 5.43. The lowest BCUT2D eigenvalue weighted by molar-refractivity contribution is 0.638. The largest absolute Gasteiger partial charge is 0.261 e. The number of rotatable bonds is 4. The second kappa shape index (κ2) is 5.09. The Kier molecular flexibility index (Phi) is 3.44. The van der Waals surface area contributed by atoms with Crippen LogP contribution in [0.4, 0.5) is 0 Å². The van der Waals surface area contributed by atoms with Gasteiger partial charge in [-0.25, -0.2) is 0 Å². The highest BCUT2D eigenvalue weighted by Crippen LogP contribution is 2.54. The van der Waals surface area contributed by atoms with E-state index in [2.05, 4.69) is 64.2 Å². The van der Waals surface area contributed by atoms with Crippen LogP contribution in [0.3, 0.4) is 0 Å². The Bertz CT molecular complexity index is 560. The van der Waals surface area contributed by atoms with Gasteiger partial charge in [0.2, 0.25) is 0 Å². The lowest BCUT2D eigenvalue weighted by Crippen LogP contribution is -2.23. The fourth-order valence-corrected chi connectivity index (χ4v) is 3.81. The molecule has 3 rings (SSSR count). The van der Waals surface area contributed by atoms with Crippen LogP contribution < -0.4 is 0 Å². The average Bonchev–Trinajstić information content (AvgIpc) is 3.24. The molecule has 1 atom stereocenters. The van der Waals surface area contributed by atoms with Crippen molar-refractivity contribution >= 4 is 15.9 Å². The molecule has 1 aliphatic carbocycles. The molecule has 1 fully saturated rings. The third kappa shape index (κ3) is 2.46. The average molecular weight is 316 g/mol. The van der Waals surface area contributed by atoms with Crippen LogP contribution in [0.1, 0.15) is 29.7 Å². The van der Waals surface area contributed by atoms with Gasteiger partial charge in [0.15, 0.2) is 0 Å². The number of pyridine rings is 1. The molecule has 0 amide bonds. The monoisotopic (exact) mass is 315 g/mol. The van der Waals surface area contributed by atoms with Crippen LogP contribution in [0.15, 0.2) is 48.7 Å². The van der Waals surface area contributed by atoms with Crippen molar-refractivity contribution in [3.05, 3.63) is 65.5 Å². The molecule has 98 valence electrons. The molecular weight excluding hydrogens is 298 g/mol. The molecule has 1 aliphatic rings. The zero-order valence-electron chi connectivity index (χ0n) is 11.1. The number of halogens is 1. The molecule has 0 bridgehead atoms. The van der Waals surface area contributed by atoms with Crippen LogP contribution in [0.2, 0.25) is 0 Å². The summed E-state index contributed by atoms with van der Waals surface area (Å²) in [5.74, 6) is 0. The molecule has 1 heterocycles. The Balaban J connectivity index is 1.82. The summed E-state index contributed by atoms with van der Waals surface area (Å²) in [6.07, 6.45) is 5.45. The standard InChI is InChI=1S/C17H18BrN/c1-13-6-5-11-19-15(13)12-16(18)17(9-10-17)14-7-3-2-4-8-14/h2-8,11,16H,9-10,12H2,1H3. The molecule has 0 spiro atoms. The molecule has 0 N–H and O–H groups in total. The fraction of sp³-hybridized carbons (Fsp3) is 0.353. The minimum Gasteiger partial charge on any atom is -0.261 e. The smallest absolute Gasteiger partial charge is 0.0444 e. The van der Waals surface area contributed by atoms with Crippen molar-refractivity contribution in [2.24, 2.45) is 0 Å². The van der Waals surface area contributed by atoms with Crippen molar-refractivity contribution in [1.29, 1.82) is 0 Å². The third-order valence-electron chi connectivity index (χ3n) is 4.23. The van der Waals surface area contributed by atoms with Crippen LogP contribution in [-0.2, 0) is 11.8 Å². The molecule has 19 heavy (non-hydrogen) atoms. The van der Waals surface area contributed by atoms with E-state index >= 15 is 0 Å². The second-order valence-corrected chi connectivity index (χ2v) is 6.57. The van der Waals surface area contributed by atoms with Crippen LogP contribution in [-0.4, -0.2) is 9.81 Å². The Morgan fingerprint density at radius 2 is 1.89 bits per heavy atom. The van der Waals surface area contributed by atoms with E-state index in [9.17, 15) is 0 Å². The molecule has 1 saturated carbocycles. The Morgan fingerprint density at radius 3 is 2.53 bits per heavy atom. The van der Waals surface area contributed by atoms with E-state index < -0.39 is 0 Å². The summed E-state index contributed by atoms with van der Waals surface area (Å²) in [5.41, 5.74) is 4.29. The highest BCUT2D eigenvalue weighted by Gasteiger charge is 2.49. The van der Waals surface area contributed by atoms with Gasteiger partial charge in [-0.3, -0.25) is 4.98 Å². The van der Waals surface area contributed by atoms with E-state index in [4.69, 9.17) is 0 Å². The molecular formula is C17H18BrN. The van der Waals surface area contributed by atoms with Gasteiger partial charge in [-0.15, -0.1) is 0 Å².